The van der Waals surface area contributed by atoms with Crippen molar-refractivity contribution in [3.63, 3.8) is 0 Å². The molecule has 0 heterocycles. The van der Waals surface area contributed by atoms with Gasteiger partial charge in [-0.3, -0.25) is 0 Å². The molecule has 0 saturated carbocycles. The summed E-state index contributed by atoms with van der Waals surface area (Å²) in [6.07, 6.45) is 1.82. The quantitative estimate of drug-likeness (QED) is 0.589. The second kappa shape index (κ2) is 5.29. The largest absolute Gasteiger partial charge is 0.494 e. The molecule has 0 aliphatic rings. The summed E-state index contributed by atoms with van der Waals surface area (Å²) in [6, 6.07) is 7.60. The normalized spacial score (nSPS) is 11.2. The van der Waals surface area contributed by atoms with Gasteiger partial charge in [0.1, 0.15) is 11.5 Å². The van der Waals surface area contributed by atoms with Gasteiger partial charge in [-0.2, -0.15) is 5.90 Å². The second-order valence-corrected chi connectivity index (χ2v) is 2.73. The van der Waals surface area contributed by atoms with Crippen LogP contribution in [-0.4, -0.2) is 6.61 Å². The van der Waals surface area contributed by atoms with Crippen LogP contribution in [0.2, 0.25) is 0 Å². The minimum absolute atomic E-state index is 0.660. The third kappa shape index (κ3) is 2.50. The van der Waals surface area contributed by atoms with Crippen LogP contribution in [0.4, 0.5) is 0 Å². The summed E-state index contributed by atoms with van der Waals surface area (Å²) in [4.78, 5) is 4.71. The smallest absolute Gasteiger partial charge is 0.149 e. The Morgan fingerprint density at radius 2 is 2.00 bits per heavy atom. The Balaban J connectivity index is 2.82. The van der Waals surface area contributed by atoms with Gasteiger partial charge in [-0.25, -0.2) is 0 Å². The van der Waals surface area contributed by atoms with E-state index in [0.29, 0.717) is 12.4 Å². The van der Waals surface area contributed by atoms with Crippen LogP contribution >= 0.6 is 0 Å². The Morgan fingerprint density at radius 3 is 2.43 bits per heavy atom. The van der Waals surface area contributed by atoms with Gasteiger partial charge in [-0.1, -0.05) is 0 Å². The molecule has 1 aromatic carbocycles. The molecule has 0 saturated heterocycles. The molecule has 0 amide bonds. The van der Waals surface area contributed by atoms with Gasteiger partial charge >= 0.3 is 0 Å². The molecule has 0 aliphatic heterocycles. The maximum atomic E-state index is 5.32. The van der Waals surface area contributed by atoms with E-state index in [4.69, 9.17) is 15.5 Å². The standard InChI is InChI=1S/C11H15NO2/c1-3-11(14-12)9-5-7-10(8-6-9)13-4-2/h3,5-8H,4,12H2,1-2H3/b11-3-. The Morgan fingerprint density at radius 1 is 1.36 bits per heavy atom. The van der Waals surface area contributed by atoms with Gasteiger partial charge in [0.05, 0.1) is 6.61 Å². The molecule has 0 aliphatic carbocycles. The van der Waals surface area contributed by atoms with Crippen LogP contribution in [0.1, 0.15) is 19.4 Å². The molecule has 0 radical (unpaired) electrons. The number of hydrogen-bond acceptors (Lipinski definition) is 3. The van der Waals surface area contributed by atoms with Crippen LogP contribution in [0.25, 0.3) is 5.76 Å². The lowest BCUT2D eigenvalue weighted by Gasteiger charge is -2.06. The Hall–Kier alpha value is -1.48. The predicted molar refractivity (Wildman–Crippen MR) is 56.5 cm³/mol. The van der Waals surface area contributed by atoms with Gasteiger partial charge in [0.15, 0.2) is 0 Å². The van der Waals surface area contributed by atoms with Gasteiger partial charge in [-0.05, 0) is 44.2 Å². The first-order chi connectivity index (χ1) is 6.81. The summed E-state index contributed by atoms with van der Waals surface area (Å²) in [6.45, 7) is 4.50. The molecule has 1 aromatic rings. The summed E-state index contributed by atoms with van der Waals surface area (Å²) < 4.78 is 5.32. The summed E-state index contributed by atoms with van der Waals surface area (Å²) >= 11 is 0. The maximum absolute atomic E-state index is 5.32. The van der Waals surface area contributed by atoms with Crippen LogP contribution in [-0.2, 0) is 4.84 Å². The van der Waals surface area contributed by atoms with E-state index in [1.165, 1.54) is 0 Å². The summed E-state index contributed by atoms with van der Waals surface area (Å²) in [5, 5.41) is 0. The van der Waals surface area contributed by atoms with Gasteiger partial charge < -0.3 is 9.57 Å². The fraction of sp³-hybridized carbons (Fsp3) is 0.273. The number of allylic oxidation sites excluding steroid dienone is 1. The van der Waals surface area contributed by atoms with E-state index >= 15 is 0 Å². The lowest BCUT2D eigenvalue weighted by atomic mass is 10.2. The number of benzene rings is 1. The van der Waals surface area contributed by atoms with E-state index in [1.807, 2.05) is 44.2 Å². The van der Waals surface area contributed by atoms with E-state index in [-0.39, 0.29) is 0 Å². The minimum Gasteiger partial charge on any atom is -0.494 e. The lowest BCUT2D eigenvalue weighted by Crippen LogP contribution is -1.98. The zero-order valence-corrected chi connectivity index (χ0v) is 8.49. The number of ether oxygens (including phenoxy) is 1. The molecule has 76 valence electrons. The van der Waals surface area contributed by atoms with E-state index in [1.54, 1.807) is 0 Å². The van der Waals surface area contributed by atoms with E-state index in [9.17, 15) is 0 Å². The highest BCUT2D eigenvalue weighted by Gasteiger charge is 2.00. The molecule has 0 atom stereocenters. The van der Waals surface area contributed by atoms with Crippen molar-refractivity contribution in [2.75, 3.05) is 6.61 Å². The zero-order chi connectivity index (χ0) is 10.4. The number of hydrogen-bond donors (Lipinski definition) is 1. The van der Waals surface area contributed by atoms with E-state index < -0.39 is 0 Å². The zero-order valence-electron chi connectivity index (χ0n) is 8.49. The van der Waals surface area contributed by atoms with Crippen LogP contribution in [0.5, 0.6) is 5.75 Å². The average molecular weight is 193 g/mol. The highest BCUT2D eigenvalue weighted by Crippen LogP contribution is 2.18. The van der Waals surface area contributed by atoms with Gasteiger partial charge in [0, 0.05) is 5.56 Å². The first-order valence-electron chi connectivity index (χ1n) is 4.58. The maximum Gasteiger partial charge on any atom is 0.149 e. The van der Waals surface area contributed by atoms with Crippen LogP contribution in [0, 0.1) is 0 Å². The summed E-state index contributed by atoms with van der Waals surface area (Å²) in [5.41, 5.74) is 0.943. The van der Waals surface area contributed by atoms with Crippen molar-refractivity contribution in [2.45, 2.75) is 13.8 Å². The molecule has 0 spiro atoms. The highest BCUT2D eigenvalue weighted by atomic mass is 16.6. The molecule has 0 bridgehead atoms. The SMILES string of the molecule is C/C=C(\ON)c1ccc(OCC)cc1. The van der Waals surface area contributed by atoms with Crippen molar-refractivity contribution in [3.05, 3.63) is 35.9 Å². The molecule has 1 rings (SSSR count). The summed E-state index contributed by atoms with van der Waals surface area (Å²) in [7, 11) is 0. The predicted octanol–water partition coefficient (Wildman–Crippen LogP) is 2.34. The molecule has 0 fully saturated rings. The van der Waals surface area contributed by atoms with Crippen LogP contribution < -0.4 is 10.6 Å². The third-order valence-corrected chi connectivity index (χ3v) is 1.84. The fourth-order valence-electron chi connectivity index (χ4n) is 1.18. The molecule has 0 unspecified atom stereocenters. The Bertz CT molecular complexity index is 304. The van der Waals surface area contributed by atoms with Crippen molar-refractivity contribution in [1.82, 2.24) is 0 Å². The van der Waals surface area contributed by atoms with E-state index in [2.05, 4.69) is 0 Å². The summed E-state index contributed by atoms with van der Waals surface area (Å²) in [5.74, 6) is 6.62. The molecule has 14 heavy (non-hydrogen) atoms. The molecule has 0 aromatic heterocycles. The number of nitrogens with two attached hydrogens (primary N) is 1. The van der Waals surface area contributed by atoms with Crippen LogP contribution in [0.15, 0.2) is 30.3 Å². The highest BCUT2D eigenvalue weighted by molar-refractivity contribution is 5.59. The van der Waals surface area contributed by atoms with Gasteiger partial charge in [0.25, 0.3) is 0 Å². The van der Waals surface area contributed by atoms with Crippen molar-refractivity contribution < 1.29 is 9.57 Å². The monoisotopic (exact) mass is 193 g/mol. The van der Waals surface area contributed by atoms with Crippen molar-refractivity contribution in [1.29, 1.82) is 0 Å². The molecular formula is C11H15NO2. The minimum atomic E-state index is 0.660. The fourth-order valence-corrected chi connectivity index (χ4v) is 1.18. The molecule has 3 nitrogen and oxygen atoms in total. The number of rotatable bonds is 4. The van der Waals surface area contributed by atoms with Crippen molar-refractivity contribution in [2.24, 2.45) is 5.90 Å². The Kier molecular flexibility index (Phi) is 4.01. The second-order valence-electron chi connectivity index (χ2n) is 2.73. The molecular weight excluding hydrogens is 178 g/mol. The first kappa shape index (κ1) is 10.6. The van der Waals surface area contributed by atoms with Gasteiger partial charge in [0.2, 0.25) is 0 Å². The van der Waals surface area contributed by atoms with Gasteiger partial charge in [-0.15, -0.1) is 0 Å². The third-order valence-electron chi connectivity index (χ3n) is 1.84. The first-order valence-corrected chi connectivity index (χ1v) is 4.58. The lowest BCUT2D eigenvalue weighted by molar-refractivity contribution is 0.290. The molecule has 2 N–H and O–H groups in total. The molecule has 3 heteroatoms. The van der Waals surface area contributed by atoms with Crippen molar-refractivity contribution >= 4 is 5.76 Å². The van der Waals surface area contributed by atoms with Crippen molar-refractivity contribution in [3.8, 4) is 5.75 Å². The topological polar surface area (TPSA) is 44.5 Å². The van der Waals surface area contributed by atoms with Crippen LogP contribution in [0.3, 0.4) is 0 Å². The average Bonchev–Trinajstić information content (AvgIpc) is 2.23. The van der Waals surface area contributed by atoms with E-state index in [0.717, 1.165) is 11.3 Å². The Labute approximate surface area is 84.1 Å².